The van der Waals surface area contributed by atoms with Gasteiger partial charge < -0.3 is 14.8 Å². The Morgan fingerprint density at radius 1 is 1.40 bits per heavy atom. The molecule has 0 saturated carbocycles. The summed E-state index contributed by atoms with van der Waals surface area (Å²) in [6.07, 6.45) is 10.2. The zero-order valence-electron chi connectivity index (χ0n) is 20.0. The molecule has 35 heavy (non-hydrogen) atoms. The van der Waals surface area contributed by atoms with Gasteiger partial charge in [0.05, 0.1) is 43.2 Å². The van der Waals surface area contributed by atoms with Crippen molar-refractivity contribution in [2.45, 2.75) is 25.8 Å². The predicted octanol–water partition coefficient (Wildman–Crippen LogP) is 4.60. The molecule has 1 atom stereocenters. The van der Waals surface area contributed by atoms with Crippen molar-refractivity contribution >= 4 is 35.2 Å². The van der Waals surface area contributed by atoms with Gasteiger partial charge in [0, 0.05) is 19.6 Å². The quantitative estimate of drug-likeness (QED) is 0.135. The summed E-state index contributed by atoms with van der Waals surface area (Å²) in [5.41, 5.74) is 1.01. The molecule has 0 aliphatic carbocycles. The fraction of sp³-hybridized carbons (Fsp3) is 0.423. The van der Waals surface area contributed by atoms with Crippen LogP contribution in [0.1, 0.15) is 25.5 Å². The molecule has 188 valence electrons. The number of carbonyl (C=O) groups excluding carboxylic acids is 1. The van der Waals surface area contributed by atoms with Gasteiger partial charge >= 0.3 is 0 Å². The minimum atomic E-state index is -0.520. The van der Waals surface area contributed by atoms with Crippen LogP contribution in [0.15, 0.2) is 54.2 Å². The summed E-state index contributed by atoms with van der Waals surface area (Å²) in [7, 11) is 0. The van der Waals surface area contributed by atoms with Gasteiger partial charge in [0.1, 0.15) is 16.8 Å². The first-order valence-electron chi connectivity index (χ1n) is 11.6. The largest absolute Gasteiger partial charge is 0.379 e. The van der Waals surface area contributed by atoms with Crippen molar-refractivity contribution in [3.05, 3.63) is 70.0 Å². The molecule has 1 aliphatic heterocycles. The van der Waals surface area contributed by atoms with Crippen molar-refractivity contribution in [3.63, 3.8) is 0 Å². The Kier molecular flexibility index (Phi) is 13.4. The van der Waals surface area contributed by atoms with Crippen molar-refractivity contribution < 1.29 is 14.3 Å². The van der Waals surface area contributed by atoms with Crippen LogP contribution in [0.25, 0.3) is 6.08 Å². The van der Waals surface area contributed by atoms with Gasteiger partial charge in [0.15, 0.2) is 0 Å². The van der Waals surface area contributed by atoms with E-state index in [1.165, 1.54) is 12.1 Å². The molecule has 1 amide bonds. The lowest BCUT2D eigenvalue weighted by atomic mass is 10.0. The number of pyridine rings is 1. The second-order valence-corrected chi connectivity index (χ2v) is 8.61. The molecule has 0 bridgehead atoms. The average Bonchev–Trinajstić information content (AvgIpc) is 2.86. The van der Waals surface area contributed by atoms with E-state index in [2.05, 4.69) is 21.8 Å². The first-order chi connectivity index (χ1) is 17.0. The van der Waals surface area contributed by atoms with Crippen LogP contribution in [0.5, 0.6) is 0 Å². The molecule has 2 heterocycles. The molecule has 1 saturated heterocycles. The number of nitrogens with zero attached hydrogens (tertiary/aromatic N) is 3. The molecule has 1 aromatic rings. The molecule has 1 aliphatic rings. The van der Waals surface area contributed by atoms with Gasteiger partial charge in [-0.05, 0) is 30.2 Å². The number of amides is 1. The Morgan fingerprint density at radius 3 is 2.86 bits per heavy atom. The summed E-state index contributed by atoms with van der Waals surface area (Å²) in [6, 6.07) is 4.72. The van der Waals surface area contributed by atoms with Gasteiger partial charge in [0.2, 0.25) is 0 Å². The Hall–Kier alpha value is -2.47. The number of carbonyl (C=O) groups is 1. The first kappa shape index (κ1) is 28.8. The highest BCUT2D eigenvalue weighted by molar-refractivity contribution is 6.33. The van der Waals surface area contributed by atoms with Crippen molar-refractivity contribution in [3.8, 4) is 6.07 Å². The summed E-state index contributed by atoms with van der Waals surface area (Å²) >= 11 is 12.1. The summed E-state index contributed by atoms with van der Waals surface area (Å²) < 4.78 is 11.1. The summed E-state index contributed by atoms with van der Waals surface area (Å²) in [5, 5.41) is 13.0. The number of morpholine rings is 1. The molecule has 1 aromatic heterocycles. The van der Waals surface area contributed by atoms with E-state index in [1.807, 2.05) is 31.2 Å². The third-order valence-corrected chi connectivity index (χ3v) is 5.79. The molecule has 0 spiro atoms. The van der Waals surface area contributed by atoms with Crippen LogP contribution in [0.2, 0.25) is 10.2 Å². The highest BCUT2D eigenvalue weighted by atomic mass is 35.5. The van der Waals surface area contributed by atoms with E-state index < -0.39 is 5.91 Å². The molecule has 2 rings (SSSR count). The highest BCUT2D eigenvalue weighted by Gasteiger charge is 2.18. The molecule has 0 radical (unpaired) electrons. The molecule has 9 heteroatoms. The maximum atomic E-state index is 12.9. The fourth-order valence-electron chi connectivity index (χ4n) is 3.44. The number of hydrogen-bond acceptors (Lipinski definition) is 6. The Labute approximate surface area is 217 Å². The van der Waals surface area contributed by atoms with Crippen LogP contribution >= 0.6 is 23.2 Å². The molecule has 1 fully saturated rings. The second-order valence-electron chi connectivity index (χ2n) is 7.82. The van der Waals surface area contributed by atoms with Crippen molar-refractivity contribution in [2.75, 3.05) is 46.1 Å². The van der Waals surface area contributed by atoms with Gasteiger partial charge in [0.25, 0.3) is 5.91 Å². The lowest BCUT2D eigenvalue weighted by Gasteiger charge is -2.26. The van der Waals surface area contributed by atoms with E-state index in [1.54, 1.807) is 12.1 Å². The van der Waals surface area contributed by atoms with E-state index in [4.69, 9.17) is 32.7 Å². The Morgan fingerprint density at radius 2 is 2.17 bits per heavy atom. The molecule has 7 nitrogen and oxygen atoms in total. The van der Waals surface area contributed by atoms with E-state index >= 15 is 0 Å². The molecule has 1 N–H and O–H groups in total. The molecular formula is C26H32Cl2N4O3. The zero-order chi connectivity index (χ0) is 25.5. The maximum Gasteiger partial charge on any atom is 0.262 e. The smallest absolute Gasteiger partial charge is 0.262 e. The lowest BCUT2D eigenvalue weighted by Crippen LogP contribution is -2.38. The van der Waals surface area contributed by atoms with E-state index in [0.717, 1.165) is 44.8 Å². The summed E-state index contributed by atoms with van der Waals surface area (Å²) in [6.45, 7) is 11.2. The number of ether oxygens (including phenoxy) is 2. The van der Waals surface area contributed by atoms with Crippen LogP contribution in [-0.2, 0) is 14.3 Å². The molecule has 0 aromatic carbocycles. The van der Waals surface area contributed by atoms with E-state index in [9.17, 15) is 10.1 Å². The third kappa shape index (κ3) is 10.4. The topological polar surface area (TPSA) is 87.5 Å². The minimum absolute atomic E-state index is 0.115. The van der Waals surface area contributed by atoms with Crippen molar-refractivity contribution in [1.82, 2.24) is 15.2 Å². The van der Waals surface area contributed by atoms with Crippen LogP contribution in [0, 0.1) is 11.3 Å². The second kappa shape index (κ2) is 16.2. The molecule has 1 unspecified atom stereocenters. The third-order valence-electron chi connectivity index (χ3n) is 5.26. The van der Waals surface area contributed by atoms with E-state index in [-0.39, 0.29) is 22.5 Å². The lowest BCUT2D eigenvalue weighted by molar-refractivity contribution is -0.117. The van der Waals surface area contributed by atoms with Gasteiger partial charge in [-0.15, -0.1) is 0 Å². The van der Waals surface area contributed by atoms with Gasteiger partial charge in [-0.1, -0.05) is 67.4 Å². The Bertz CT molecular complexity index is 979. The van der Waals surface area contributed by atoms with Crippen LogP contribution in [0.4, 0.5) is 0 Å². The number of aromatic nitrogens is 1. The van der Waals surface area contributed by atoms with E-state index in [0.29, 0.717) is 24.7 Å². The predicted molar refractivity (Wildman–Crippen MR) is 140 cm³/mol. The maximum absolute atomic E-state index is 12.9. The number of allylic oxidation sites excluding steroid dienone is 2. The monoisotopic (exact) mass is 518 g/mol. The Balaban J connectivity index is 2.01. The zero-order valence-corrected chi connectivity index (χ0v) is 21.5. The van der Waals surface area contributed by atoms with Crippen LogP contribution < -0.4 is 5.32 Å². The van der Waals surface area contributed by atoms with Gasteiger partial charge in [-0.25, -0.2) is 4.98 Å². The summed E-state index contributed by atoms with van der Waals surface area (Å²) in [5.74, 6) is -0.520. The SMILES string of the molecule is C=C/C=C(\C=C/COCCN1CCOCC1)C(CCC)NC(=O)/C(C#N)=C/c1nc(Cl)ccc1Cl. The standard InChI is InChI=1S/C26H32Cl2N4O3/c1-3-6-20(8-5-14-34-15-11-32-12-16-35-17-13-32)23(7-4-2)31-26(33)21(19-29)18-24-22(27)9-10-25(28)30-24/h3,5-6,8-10,18,23H,1,4,7,11-17H2,2H3,(H,31,33)/b8-5-,20-6+,21-18+. The number of hydrogen-bond donors (Lipinski definition) is 1. The normalized spacial score (nSPS) is 16.2. The number of halogens is 2. The summed E-state index contributed by atoms with van der Waals surface area (Å²) in [4.78, 5) is 19.3. The average molecular weight is 519 g/mol. The number of nitriles is 1. The molecular weight excluding hydrogens is 487 g/mol. The highest BCUT2D eigenvalue weighted by Crippen LogP contribution is 2.20. The van der Waals surface area contributed by atoms with Crippen LogP contribution in [-0.4, -0.2) is 67.9 Å². The first-order valence-corrected chi connectivity index (χ1v) is 12.4. The number of nitrogens with one attached hydrogen (secondary N) is 1. The minimum Gasteiger partial charge on any atom is -0.379 e. The number of rotatable bonds is 13. The van der Waals surface area contributed by atoms with Gasteiger partial charge in [-0.2, -0.15) is 5.26 Å². The fourth-order valence-corrected chi connectivity index (χ4v) is 3.76. The van der Waals surface area contributed by atoms with Gasteiger partial charge in [-0.3, -0.25) is 9.69 Å². The van der Waals surface area contributed by atoms with Crippen molar-refractivity contribution in [1.29, 1.82) is 5.26 Å². The van der Waals surface area contributed by atoms with Crippen molar-refractivity contribution in [2.24, 2.45) is 0 Å². The van der Waals surface area contributed by atoms with Crippen LogP contribution in [0.3, 0.4) is 0 Å².